The number of amides is 3. The molecule has 0 radical (unpaired) electrons. The second-order valence-electron chi connectivity index (χ2n) is 8.82. The van der Waals surface area contributed by atoms with E-state index >= 15 is 0 Å². The highest BCUT2D eigenvalue weighted by Gasteiger charge is 2.30. The summed E-state index contributed by atoms with van der Waals surface area (Å²) in [4.78, 5) is 37.4. The van der Waals surface area contributed by atoms with Crippen LogP contribution in [0.5, 0.6) is 5.75 Å². The molecule has 176 valence electrons. The first-order valence-corrected chi connectivity index (χ1v) is 11.4. The first kappa shape index (κ1) is 24.6. The molecule has 8 nitrogen and oxygen atoms in total. The van der Waals surface area contributed by atoms with Gasteiger partial charge in [0.2, 0.25) is 5.91 Å². The molecule has 1 heterocycles. The van der Waals surface area contributed by atoms with Gasteiger partial charge >= 0.3 is 6.09 Å². The van der Waals surface area contributed by atoms with Crippen LogP contribution in [0.4, 0.5) is 4.79 Å². The standard InChI is InChI=1S/C24H28BrN3O5/c1-24(2,3)33-23(31)28-18-11-12-32-20-16(18)5-4-6-17(20)22(30)27-19(21(26)29)13-14-7-9-15(25)10-8-14/h4-10,18-19H,11-13H2,1-3H3,(H2,26,29)(H,27,30)(H,28,31)/t18?,19-/m0/s1. The number of para-hydroxylation sites is 1. The average Bonchev–Trinajstić information content (AvgIpc) is 2.73. The molecule has 2 aromatic rings. The molecule has 3 rings (SSSR count). The van der Waals surface area contributed by atoms with Crippen molar-refractivity contribution in [3.05, 3.63) is 63.6 Å². The van der Waals surface area contributed by atoms with Gasteiger partial charge in [-0.25, -0.2) is 4.79 Å². The van der Waals surface area contributed by atoms with Crippen LogP contribution in [0, 0.1) is 0 Å². The van der Waals surface area contributed by atoms with Crippen LogP contribution in [0.3, 0.4) is 0 Å². The first-order chi connectivity index (χ1) is 15.5. The molecule has 0 fully saturated rings. The van der Waals surface area contributed by atoms with Crippen molar-refractivity contribution in [3.8, 4) is 5.75 Å². The lowest BCUT2D eigenvalue weighted by Gasteiger charge is -2.29. The summed E-state index contributed by atoms with van der Waals surface area (Å²) in [6.07, 6.45) is 0.246. The molecule has 0 bridgehead atoms. The number of hydrogen-bond donors (Lipinski definition) is 3. The van der Waals surface area contributed by atoms with Gasteiger partial charge < -0.3 is 25.8 Å². The van der Waals surface area contributed by atoms with Crippen molar-refractivity contribution in [2.24, 2.45) is 5.73 Å². The second-order valence-corrected chi connectivity index (χ2v) is 9.73. The number of rotatable bonds is 6. The Morgan fingerprint density at radius 1 is 1.18 bits per heavy atom. The Balaban J connectivity index is 1.77. The fourth-order valence-electron chi connectivity index (χ4n) is 3.52. The third-order valence-corrected chi connectivity index (χ3v) is 5.54. The van der Waals surface area contributed by atoms with Crippen LogP contribution in [0.15, 0.2) is 46.9 Å². The van der Waals surface area contributed by atoms with Gasteiger partial charge in [-0.3, -0.25) is 9.59 Å². The van der Waals surface area contributed by atoms with Gasteiger partial charge in [-0.15, -0.1) is 0 Å². The maximum Gasteiger partial charge on any atom is 0.408 e. The van der Waals surface area contributed by atoms with Gasteiger partial charge in [0.05, 0.1) is 18.2 Å². The van der Waals surface area contributed by atoms with Crippen LogP contribution in [-0.2, 0) is 16.0 Å². The fourth-order valence-corrected chi connectivity index (χ4v) is 3.78. The van der Waals surface area contributed by atoms with E-state index in [9.17, 15) is 14.4 Å². The third kappa shape index (κ3) is 6.71. The number of fused-ring (bicyclic) bond motifs is 1. The third-order valence-electron chi connectivity index (χ3n) is 5.01. The summed E-state index contributed by atoms with van der Waals surface area (Å²) in [6, 6.07) is 11.3. The molecule has 0 aromatic heterocycles. The van der Waals surface area contributed by atoms with Gasteiger partial charge in [-0.1, -0.05) is 40.2 Å². The van der Waals surface area contributed by atoms with E-state index in [4.69, 9.17) is 15.2 Å². The number of nitrogens with one attached hydrogen (secondary N) is 2. The van der Waals surface area contributed by atoms with Crippen LogP contribution in [0.1, 0.15) is 54.7 Å². The maximum atomic E-state index is 13.1. The highest BCUT2D eigenvalue weighted by atomic mass is 79.9. The van der Waals surface area contributed by atoms with Crippen molar-refractivity contribution in [1.82, 2.24) is 10.6 Å². The van der Waals surface area contributed by atoms with E-state index in [0.717, 1.165) is 10.0 Å². The lowest BCUT2D eigenvalue weighted by Crippen LogP contribution is -2.46. The number of nitrogens with two attached hydrogens (primary N) is 1. The Hall–Kier alpha value is -3.07. The van der Waals surface area contributed by atoms with Crippen LogP contribution in [0.25, 0.3) is 0 Å². The van der Waals surface area contributed by atoms with E-state index in [1.165, 1.54) is 0 Å². The van der Waals surface area contributed by atoms with Crippen molar-refractivity contribution in [3.63, 3.8) is 0 Å². The summed E-state index contributed by atoms with van der Waals surface area (Å²) in [5.74, 6) is -0.749. The van der Waals surface area contributed by atoms with Crippen molar-refractivity contribution < 1.29 is 23.9 Å². The highest BCUT2D eigenvalue weighted by molar-refractivity contribution is 9.10. The molecule has 4 N–H and O–H groups in total. The monoisotopic (exact) mass is 517 g/mol. The van der Waals surface area contributed by atoms with Gasteiger partial charge in [0.1, 0.15) is 17.4 Å². The van der Waals surface area contributed by atoms with Crippen molar-refractivity contribution >= 4 is 33.8 Å². The minimum atomic E-state index is -0.895. The Morgan fingerprint density at radius 2 is 1.88 bits per heavy atom. The van der Waals surface area contributed by atoms with Gasteiger partial charge in [0, 0.05) is 22.9 Å². The number of benzene rings is 2. The quantitative estimate of drug-likeness (QED) is 0.540. The Morgan fingerprint density at radius 3 is 2.52 bits per heavy atom. The van der Waals surface area contributed by atoms with Crippen molar-refractivity contribution in [2.45, 2.75) is 51.3 Å². The predicted octanol–water partition coefficient (Wildman–Crippen LogP) is 3.62. The van der Waals surface area contributed by atoms with E-state index < -0.39 is 29.6 Å². The first-order valence-electron chi connectivity index (χ1n) is 10.6. The molecular weight excluding hydrogens is 490 g/mol. The van der Waals surface area contributed by atoms with Crippen molar-refractivity contribution in [1.29, 1.82) is 0 Å². The summed E-state index contributed by atoms with van der Waals surface area (Å²) in [6.45, 7) is 5.68. The molecule has 2 atom stereocenters. The topological polar surface area (TPSA) is 120 Å². The van der Waals surface area contributed by atoms with E-state index in [-0.39, 0.29) is 18.0 Å². The summed E-state index contributed by atoms with van der Waals surface area (Å²) < 4.78 is 12.0. The molecule has 0 spiro atoms. The summed E-state index contributed by atoms with van der Waals surface area (Å²) in [5.41, 5.74) is 6.72. The van der Waals surface area contributed by atoms with Crippen LogP contribution in [-0.4, -0.2) is 36.2 Å². The van der Waals surface area contributed by atoms with E-state index in [2.05, 4.69) is 26.6 Å². The number of alkyl carbamates (subject to hydrolysis) is 1. The van der Waals surface area contributed by atoms with Gasteiger partial charge in [0.25, 0.3) is 5.91 Å². The number of halogens is 1. The lowest BCUT2D eigenvalue weighted by atomic mass is 9.97. The molecule has 2 aromatic carbocycles. The Labute approximate surface area is 201 Å². The molecule has 33 heavy (non-hydrogen) atoms. The van der Waals surface area contributed by atoms with Gasteiger partial charge in [-0.2, -0.15) is 0 Å². The zero-order chi connectivity index (χ0) is 24.2. The molecule has 1 aliphatic heterocycles. The van der Waals surface area contributed by atoms with Crippen LogP contribution in [0.2, 0.25) is 0 Å². The van der Waals surface area contributed by atoms with Crippen LogP contribution >= 0.6 is 15.9 Å². The second kappa shape index (κ2) is 10.2. The number of carbonyl (C=O) groups is 3. The molecule has 0 saturated carbocycles. The molecular formula is C24H28BrN3O5. The fraction of sp³-hybridized carbons (Fsp3) is 0.375. The highest BCUT2D eigenvalue weighted by Crippen LogP contribution is 2.35. The Kier molecular flexibility index (Phi) is 7.63. The van der Waals surface area contributed by atoms with E-state index in [1.54, 1.807) is 39.0 Å². The molecule has 9 heteroatoms. The molecule has 1 aliphatic rings. The largest absolute Gasteiger partial charge is 0.492 e. The number of ether oxygens (including phenoxy) is 2. The zero-order valence-electron chi connectivity index (χ0n) is 18.8. The maximum absolute atomic E-state index is 13.1. The van der Waals surface area contributed by atoms with E-state index in [1.807, 2.05) is 24.3 Å². The predicted molar refractivity (Wildman–Crippen MR) is 127 cm³/mol. The molecule has 0 aliphatic carbocycles. The van der Waals surface area contributed by atoms with Crippen LogP contribution < -0.4 is 21.1 Å². The molecule has 0 saturated heterocycles. The summed E-state index contributed by atoms with van der Waals surface area (Å²) in [7, 11) is 0. The van der Waals surface area contributed by atoms with Crippen molar-refractivity contribution in [2.75, 3.05) is 6.61 Å². The Bertz CT molecular complexity index is 1030. The van der Waals surface area contributed by atoms with Gasteiger partial charge in [-0.05, 0) is 44.5 Å². The smallest absolute Gasteiger partial charge is 0.408 e. The summed E-state index contributed by atoms with van der Waals surface area (Å²) >= 11 is 3.37. The number of carbonyl (C=O) groups excluding carboxylic acids is 3. The number of primary amides is 1. The molecule has 3 amide bonds. The normalized spacial score (nSPS) is 16.1. The average molecular weight is 518 g/mol. The van der Waals surface area contributed by atoms with Gasteiger partial charge in [0.15, 0.2) is 0 Å². The number of hydrogen-bond acceptors (Lipinski definition) is 5. The lowest BCUT2D eigenvalue weighted by molar-refractivity contribution is -0.119. The molecule has 1 unspecified atom stereocenters. The SMILES string of the molecule is CC(C)(C)OC(=O)NC1CCOc2c(C(=O)N[C@@H](Cc3ccc(Br)cc3)C(N)=O)cccc21. The zero-order valence-corrected chi connectivity index (χ0v) is 20.4. The minimum absolute atomic E-state index is 0.257. The minimum Gasteiger partial charge on any atom is -0.492 e. The summed E-state index contributed by atoms with van der Waals surface area (Å²) in [5, 5.41) is 5.56. The van der Waals surface area contributed by atoms with E-state index in [0.29, 0.717) is 24.3 Å².